The Balaban J connectivity index is 3.74. The molecule has 0 bridgehead atoms. The number of hydrogen-bond acceptors (Lipinski definition) is 4. The van der Waals surface area contributed by atoms with Gasteiger partial charge in [-0.2, -0.15) is 0 Å². The van der Waals surface area contributed by atoms with Crippen LogP contribution in [0.15, 0.2) is 0 Å². The maximum absolute atomic E-state index is 11.5. The zero-order valence-corrected chi connectivity index (χ0v) is 11.1. The van der Waals surface area contributed by atoms with Crippen molar-refractivity contribution < 1.29 is 14.3 Å². The van der Waals surface area contributed by atoms with Crippen LogP contribution in [0, 0.1) is 5.92 Å². The Bertz CT molecular complexity index is 211. The highest BCUT2D eigenvalue weighted by atomic mass is 16.6. The minimum absolute atomic E-state index is 0.149. The van der Waals surface area contributed by atoms with Crippen LogP contribution in [-0.2, 0) is 14.3 Å². The number of carbonyl (C=O) groups is 1. The van der Waals surface area contributed by atoms with Gasteiger partial charge in [-0.05, 0) is 26.7 Å². The van der Waals surface area contributed by atoms with Crippen molar-refractivity contribution in [3.05, 3.63) is 0 Å². The second-order valence-electron chi connectivity index (χ2n) is 5.04. The van der Waals surface area contributed by atoms with Crippen LogP contribution in [0.4, 0.5) is 0 Å². The molecule has 0 aromatic heterocycles. The summed E-state index contributed by atoms with van der Waals surface area (Å²) in [5.41, 5.74) is 5.52. The highest BCUT2D eigenvalue weighted by Gasteiger charge is 2.20. The van der Waals surface area contributed by atoms with E-state index in [9.17, 15) is 4.79 Å². The van der Waals surface area contributed by atoms with Crippen molar-refractivity contribution in [2.45, 2.75) is 52.7 Å². The molecule has 0 saturated heterocycles. The first-order valence-electron chi connectivity index (χ1n) is 5.84. The molecule has 0 spiro atoms. The Morgan fingerprint density at radius 2 is 1.88 bits per heavy atom. The molecule has 0 rings (SSSR count). The quantitative estimate of drug-likeness (QED) is 0.558. The summed E-state index contributed by atoms with van der Waals surface area (Å²) in [4.78, 5) is 11.5. The molecule has 0 aliphatic carbocycles. The summed E-state index contributed by atoms with van der Waals surface area (Å²) in [6.45, 7) is 10.5. The standard InChI is InChI=1S/C12H25NO3/c1-6-9(2)10(13)11(14)15-7-8-16-12(3,4)5/h9-10H,6-8,13H2,1-5H3/t9?,10-/m0/s1. The zero-order chi connectivity index (χ0) is 12.8. The van der Waals surface area contributed by atoms with Gasteiger partial charge in [-0.3, -0.25) is 4.79 Å². The number of esters is 1. The first kappa shape index (κ1) is 15.4. The number of hydrogen-bond donors (Lipinski definition) is 1. The predicted octanol–water partition coefficient (Wildman–Crippen LogP) is 1.72. The van der Waals surface area contributed by atoms with Gasteiger partial charge in [0.1, 0.15) is 12.6 Å². The third kappa shape index (κ3) is 6.80. The fourth-order valence-electron chi connectivity index (χ4n) is 1.07. The third-order valence-corrected chi connectivity index (χ3v) is 2.39. The largest absolute Gasteiger partial charge is 0.462 e. The van der Waals surface area contributed by atoms with Gasteiger partial charge >= 0.3 is 5.97 Å². The van der Waals surface area contributed by atoms with Crippen LogP contribution in [0.1, 0.15) is 41.0 Å². The van der Waals surface area contributed by atoms with Crippen LogP contribution < -0.4 is 5.73 Å². The number of rotatable bonds is 6. The molecule has 1 unspecified atom stereocenters. The van der Waals surface area contributed by atoms with Crippen LogP contribution in [0.5, 0.6) is 0 Å². The second kappa shape index (κ2) is 6.86. The van der Waals surface area contributed by atoms with E-state index in [0.717, 1.165) is 6.42 Å². The maximum Gasteiger partial charge on any atom is 0.323 e. The van der Waals surface area contributed by atoms with E-state index in [1.807, 2.05) is 34.6 Å². The lowest BCUT2D eigenvalue weighted by Crippen LogP contribution is -2.38. The molecule has 0 heterocycles. The van der Waals surface area contributed by atoms with E-state index in [0.29, 0.717) is 6.61 Å². The number of nitrogens with two attached hydrogens (primary N) is 1. The molecule has 0 radical (unpaired) electrons. The first-order valence-corrected chi connectivity index (χ1v) is 5.84. The summed E-state index contributed by atoms with van der Waals surface area (Å²) in [6.07, 6.45) is 0.870. The fraction of sp³-hybridized carbons (Fsp3) is 0.917. The lowest BCUT2D eigenvalue weighted by Gasteiger charge is -2.20. The molecule has 0 aromatic carbocycles. The zero-order valence-electron chi connectivity index (χ0n) is 11.1. The summed E-state index contributed by atoms with van der Waals surface area (Å²) in [7, 11) is 0. The van der Waals surface area contributed by atoms with Gasteiger partial charge in [-0.1, -0.05) is 20.3 Å². The van der Waals surface area contributed by atoms with Crippen LogP contribution in [0.25, 0.3) is 0 Å². The molecule has 0 saturated carbocycles. The van der Waals surface area contributed by atoms with E-state index in [4.69, 9.17) is 15.2 Å². The lowest BCUT2D eigenvalue weighted by atomic mass is 10.0. The van der Waals surface area contributed by atoms with Crippen molar-refractivity contribution in [3.63, 3.8) is 0 Å². The van der Waals surface area contributed by atoms with Crippen molar-refractivity contribution in [1.29, 1.82) is 0 Å². The molecule has 0 fully saturated rings. The number of carbonyl (C=O) groups excluding carboxylic acids is 1. The van der Waals surface area contributed by atoms with Crippen LogP contribution in [0.3, 0.4) is 0 Å². The van der Waals surface area contributed by atoms with Gasteiger partial charge in [0.2, 0.25) is 0 Å². The molecule has 16 heavy (non-hydrogen) atoms. The monoisotopic (exact) mass is 231 g/mol. The highest BCUT2D eigenvalue weighted by molar-refractivity contribution is 5.75. The molecule has 4 nitrogen and oxygen atoms in total. The Labute approximate surface area is 98.5 Å². The smallest absolute Gasteiger partial charge is 0.323 e. The Morgan fingerprint density at radius 3 is 2.31 bits per heavy atom. The molecule has 0 aliphatic rings. The molecule has 4 heteroatoms. The summed E-state index contributed by atoms with van der Waals surface area (Å²) >= 11 is 0. The third-order valence-electron chi connectivity index (χ3n) is 2.39. The minimum atomic E-state index is -0.528. The Kier molecular flexibility index (Phi) is 6.60. The van der Waals surface area contributed by atoms with Crippen molar-refractivity contribution in [2.75, 3.05) is 13.2 Å². The van der Waals surface area contributed by atoms with Crippen molar-refractivity contribution >= 4 is 5.97 Å². The van der Waals surface area contributed by atoms with Crippen molar-refractivity contribution in [2.24, 2.45) is 11.7 Å². The normalized spacial score (nSPS) is 15.6. The first-order chi connectivity index (χ1) is 7.28. The van der Waals surface area contributed by atoms with Gasteiger partial charge in [0.15, 0.2) is 0 Å². The Hall–Kier alpha value is -0.610. The molecule has 0 amide bonds. The topological polar surface area (TPSA) is 61.6 Å². The summed E-state index contributed by atoms with van der Waals surface area (Å²) in [5, 5.41) is 0. The van der Waals surface area contributed by atoms with Gasteiger partial charge in [-0.25, -0.2) is 0 Å². The second-order valence-corrected chi connectivity index (χ2v) is 5.04. The molecular weight excluding hydrogens is 206 g/mol. The maximum atomic E-state index is 11.5. The highest BCUT2D eigenvalue weighted by Crippen LogP contribution is 2.08. The van der Waals surface area contributed by atoms with E-state index in [1.165, 1.54) is 0 Å². The number of ether oxygens (including phenoxy) is 2. The van der Waals surface area contributed by atoms with Gasteiger partial charge in [-0.15, -0.1) is 0 Å². The summed E-state index contributed by atoms with van der Waals surface area (Å²) in [5.74, 6) is -0.192. The lowest BCUT2D eigenvalue weighted by molar-refractivity contribution is -0.149. The molecule has 2 N–H and O–H groups in total. The van der Waals surface area contributed by atoms with Crippen LogP contribution >= 0.6 is 0 Å². The van der Waals surface area contributed by atoms with E-state index in [-0.39, 0.29) is 24.1 Å². The van der Waals surface area contributed by atoms with E-state index in [1.54, 1.807) is 0 Å². The minimum Gasteiger partial charge on any atom is -0.462 e. The van der Waals surface area contributed by atoms with Gasteiger partial charge in [0, 0.05) is 0 Å². The molecular formula is C12H25NO3. The molecule has 0 aromatic rings. The van der Waals surface area contributed by atoms with E-state index < -0.39 is 6.04 Å². The molecule has 96 valence electrons. The summed E-state index contributed by atoms with van der Waals surface area (Å²) < 4.78 is 10.5. The molecule has 0 aliphatic heterocycles. The average Bonchev–Trinajstić information content (AvgIpc) is 2.20. The van der Waals surface area contributed by atoms with Gasteiger partial charge in [0.05, 0.1) is 12.2 Å². The van der Waals surface area contributed by atoms with Crippen molar-refractivity contribution in [3.8, 4) is 0 Å². The average molecular weight is 231 g/mol. The van der Waals surface area contributed by atoms with Crippen LogP contribution in [0.2, 0.25) is 0 Å². The van der Waals surface area contributed by atoms with Crippen LogP contribution in [-0.4, -0.2) is 30.8 Å². The molecule has 2 atom stereocenters. The van der Waals surface area contributed by atoms with E-state index in [2.05, 4.69) is 0 Å². The van der Waals surface area contributed by atoms with E-state index >= 15 is 0 Å². The Morgan fingerprint density at radius 1 is 1.31 bits per heavy atom. The van der Waals surface area contributed by atoms with Gasteiger partial charge in [0.25, 0.3) is 0 Å². The van der Waals surface area contributed by atoms with Crippen molar-refractivity contribution in [1.82, 2.24) is 0 Å². The predicted molar refractivity (Wildman–Crippen MR) is 64.1 cm³/mol. The van der Waals surface area contributed by atoms with Gasteiger partial charge < -0.3 is 15.2 Å². The SMILES string of the molecule is CCC(C)[C@H](N)C(=O)OCCOC(C)(C)C. The fourth-order valence-corrected chi connectivity index (χ4v) is 1.07. The summed E-state index contributed by atoms with van der Waals surface area (Å²) in [6, 6.07) is -0.528.